The molecule has 2 aliphatic rings. The van der Waals surface area contributed by atoms with Crippen molar-refractivity contribution in [1.82, 2.24) is 25.8 Å². The number of hydrogen-bond acceptors (Lipinski definition) is 7. The number of fused-ring (bicyclic) bond motifs is 1. The average molecular weight is 576 g/mol. The molecule has 2 aromatic rings. The number of amides is 3. The highest BCUT2D eigenvalue weighted by atomic mass is 35.5. The second-order valence-corrected chi connectivity index (χ2v) is 11.8. The highest BCUT2D eigenvalue weighted by Crippen LogP contribution is 2.28. The lowest BCUT2D eigenvalue weighted by atomic mass is 9.97. The number of morpholine rings is 1. The predicted molar refractivity (Wildman–Crippen MR) is 154 cm³/mol. The standard InChI is InChI=1S/C28H38ClN5O4S/c1-3-25(35)31-22(15-26-32-21-9-8-20(29)14-24(21)39-26)28(37)33-23(19-6-4-5-7-19)16-30-27(36)18(2)17-34-10-12-38-13-11-34/h8-9,14,19,22-23H,2-7,10-13,15-17H2,1H3,(H,30,36)(H,31,35)(H,33,37). The summed E-state index contributed by atoms with van der Waals surface area (Å²) in [6.07, 6.45) is 4.71. The quantitative estimate of drug-likeness (QED) is 0.335. The number of carbonyl (C=O) groups is 3. The second kappa shape index (κ2) is 14.2. The molecule has 1 aromatic heterocycles. The van der Waals surface area contributed by atoms with Crippen LogP contribution in [0.25, 0.3) is 10.2 Å². The normalized spacial score (nSPS) is 18.0. The van der Waals surface area contributed by atoms with Gasteiger partial charge in [0.1, 0.15) is 6.04 Å². The Kier molecular flexibility index (Phi) is 10.7. The Labute approximate surface area is 238 Å². The van der Waals surface area contributed by atoms with E-state index in [4.69, 9.17) is 16.3 Å². The molecule has 9 nitrogen and oxygen atoms in total. The van der Waals surface area contributed by atoms with E-state index in [1.807, 2.05) is 12.1 Å². The maximum absolute atomic E-state index is 13.6. The first-order valence-electron chi connectivity index (χ1n) is 13.7. The summed E-state index contributed by atoms with van der Waals surface area (Å²) in [5.74, 6) is -0.423. The molecule has 2 atom stereocenters. The third-order valence-electron chi connectivity index (χ3n) is 7.36. The summed E-state index contributed by atoms with van der Waals surface area (Å²) in [7, 11) is 0. The SMILES string of the molecule is C=C(CN1CCOCC1)C(=O)NCC(NC(=O)C(Cc1nc2ccc(Cl)cc2s1)NC(=O)CC)C1CCCC1. The van der Waals surface area contributed by atoms with Crippen LogP contribution in [-0.4, -0.2) is 79.1 Å². The first-order valence-corrected chi connectivity index (χ1v) is 14.9. The van der Waals surface area contributed by atoms with Gasteiger partial charge >= 0.3 is 0 Å². The van der Waals surface area contributed by atoms with Crippen LogP contribution in [0.5, 0.6) is 0 Å². The van der Waals surface area contributed by atoms with Gasteiger partial charge in [-0.2, -0.15) is 0 Å². The molecule has 3 N–H and O–H groups in total. The summed E-state index contributed by atoms with van der Waals surface area (Å²) < 4.78 is 6.31. The average Bonchev–Trinajstić information content (AvgIpc) is 3.60. The Bertz CT molecular complexity index is 1180. The van der Waals surface area contributed by atoms with E-state index in [9.17, 15) is 14.4 Å². The summed E-state index contributed by atoms with van der Waals surface area (Å²) in [6.45, 7) is 9.41. The van der Waals surface area contributed by atoms with Crippen LogP contribution in [0, 0.1) is 5.92 Å². The maximum atomic E-state index is 13.6. The minimum absolute atomic E-state index is 0.204. The largest absolute Gasteiger partial charge is 0.379 e. The van der Waals surface area contributed by atoms with Gasteiger partial charge in [-0.15, -0.1) is 11.3 Å². The number of hydrogen-bond donors (Lipinski definition) is 3. The monoisotopic (exact) mass is 575 g/mol. The van der Waals surface area contributed by atoms with Crippen molar-refractivity contribution in [3.05, 3.63) is 40.4 Å². The van der Waals surface area contributed by atoms with Crippen molar-refractivity contribution in [3.8, 4) is 0 Å². The van der Waals surface area contributed by atoms with Crippen LogP contribution in [-0.2, 0) is 25.5 Å². The molecule has 4 rings (SSSR count). The minimum Gasteiger partial charge on any atom is -0.379 e. The molecule has 1 saturated carbocycles. The number of halogens is 1. The molecular weight excluding hydrogens is 538 g/mol. The van der Waals surface area contributed by atoms with Gasteiger partial charge in [0.2, 0.25) is 17.7 Å². The van der Waals surface area contributed by atoms with E-state index in [2.05, 4.69) is 32.4 Å². The fourth-order valence-electron chi connectivity index (χ4n) is 5.12. The number of nitrogens with zero attached hydrogens (tertiary/aromatic N) is 2. The van der Waals surface area contributed by atoms with Gasteiger partial charge in [-0.05, 0) is 37.0 Å². The number of nitrogens with one attached hydrogen (secondary N) is 3. The first-order chi connectivity index (χ1) is 18.8. The summed E-state index contributed by atoms with van der Waals surface area (Å²) in [5, 5.41) is 10.4. The van der Waals surface area contributed by atoms with Crippen LogP contribution >= 0.6 is 22.9 Å². The molecule has 2 fully saturated rings. The molecule has 2 unspecified atom stereocenters. The van der Waals surface area contributed by atoms with E-state index in [-0.39, 0.29) is 42.5 Å². The zero-order valence-corrected chi connectivity index (χ0v) is 24.0. The van der Waals surface area contributed by atoms with E-state index < -0.39 is 6.04 Å². The molecule has 0 spiro atoms. The number of aromatic nitrogens is 1. The minimum atomic E-state index is -0.774. The molecule has 11 heteroatoms. The molecule has 1 aliphatic carbocycles. The zero-order chi connectivity index (χ0) is 27.8. The third-order valence-corrected chi connectivity index (χ3v) is 8.64. The predicted octanol–water partition coefficient (Wildman–Crippen LogP) is 3.07. The molecule has 0 radical (unpaired) electrons. The van der Waals surface area contributed by atoms with Crippen LogP contribution in [0.15, 0.2) is 30.4 Å². The summed E-state index contributed by atoms with van der Waals surface area (Å²) in [5.41, 5.74) is 1.31. The van der Waals surface area contributed by atoms with Crippen molar-refractivity contribution < 1.29 is 19.1 Å². The highest BCUT2D eigenvalue weighted by Gasteiger charge is 2.30. The number of ether oxygens (including phenoxy) is 1. The Morgan fingerprint density at radius 3 is 2.67 bits per heavy atom. The molecule has 2 heterocycles. The van der Waals surface area contributed by atoms with Crippen molar-refractivity contribution >= 4 is 50.9 Å². The molecule has 39 heavy (non-hydrogen) atoms. The number of rotatable bonds is 12. The van der Waals surface area contributed by atoms with E-state index in [1.54, 1.807) is 13.0 Å². The number of carbonyl (C=O) groups excluding carboxylic acids is 3. The highest BCUT2D eigenvalue weighted by molar-refractivity contribution is 7.18. The molecule has 0 bridgehead atoms. The van der Waals surface area contributed by atoms with Crippen LogP contribution in [0.2, 0.25) is 5.02 Å². The fraction of sp³-hybridized carbons (Fsp3) is 0.571. The second-order valence-electron chi connectivity index (χ2n) is 10.3. The Morgan fingerprint density at radius 2 is 1.95 bits per heavy atom. The van der Waals surface area contributed by atoms with E-state index in [1.165, 1.54) is 11.3 Å². The van der Waals surface area contributed by atoms with E-state index in [0.29, 0.717) is 36.9 Å². The van der Waals surface area contributed by atoms with E-state index in [0.717, 1.165) is 54.0 Å². The van der Waals surface area contributed by atoms with Crippen LogP contribution in [0.4, 0.5) is 0 Å². The van der Waals surface area contributed by atoms with Gasteiger partial charge < -0.3 is 20.7 Å². The van der Waals surface area contributed by atoms with Gasteiger partial charge in [0.15, 0.2) is 0 Å². The lowest BCUT2D eigenvalue weighted by Crippen LogP contribution is -2.55. The molecule has 1 saturated heterocycles. The van der Waals surface area contributed by atoms with Crippen LogP contribution in [0.3, 0.4) is 0 Å². The zero-order valence-electron chi connectivity index (χ0n) is 22.5. The molecule has 212 valence electrons. The summed E-state index contributed by atoms with van der Waals surface area (Å²) >= 11 is 7.59. The fourth-order valence-corrected chi connectivity index (χ4v) is 6.41. The van der Waals surface area contributed by atoms with E-state index >= 15 is 0 Å². The van der Waals surface area contributed by atoms with Crippen molar-refractivity contribution in [1.29, 1.82) is 0 Å². The van der Waals surface area contributed by atoms with Gasteiger partial charge in [0, 0.05) is 55.7 Å². The Balaban J connectivity index is 1.41. The van der Waals surface area contributed by atoms with Crippen LogP contribution < -0.4 is 16.0 Å². The first kappa shape index (κ1) is 29.5. The topological polar surface area (TPSA) is 113 Å². The van der Waals surface area contributed by atoms with Crippen molar-refractivity contribution in [2.45, 2.75) is 57.5 Å². The van der Waals surface area contributed by atoms with Gasteiger partial charge in [-0.25, -0.2) is 4.98 Å². The Hall–Kier alpha value is -2.53. The molecule has 3 amide bonds. The number of thiazole rings is 1. The van der Waals surface area contributed by atoms with Crippen molar-refractivity contribution in [3.63, 3.8) is 0 Å². The molecular formula is C28H38ClN5O4S. The van der Waals surface area contributed by atoms with Gasteiger partial charge in [0.25, 0.3) is 0 Å². The lowest BCUT2D eigenvalue weighted by molar-refractivity contribution is -0.129. The Morgan fingerprint density at radius 1 is 1.21 bits per heavy atom. The van der Waals surface area contributed by atoms with Crippen molar-refractivity contribution in [2.24, 2.45) is 5.92 Å². The number of benzene rings is 1. The molecule has 1 aliphatic heterocycles. The lowest BCUT2D eigenvalue weighted by Gasteiger charge is -2.29. The molecule has 1 aromatic carbocycles. The van der Waals surface area contributed by atoms with Gasteiger partial charge in [-0.1, -0.05) is 37.9 Å². The van der Waals surface area contributed by atoms with Gasteiger partial charge in [-0.3, -0.25) is 19.3 Å². The maximum Gasteiger partial charge on any atom is 0.247 e. The van der Waals surface area contributed by atoms with Crippen LogP contribution in [0.1, 0.15) is 44.0 Å². The van der Waals surface area contributed by atoms with Crippen molar-refractivity contribution in [2.75, 3.05) is 39.4 Å². The smallest absolute Gasteiger partial charge is 0.247 e. The van der Waals surface area contributed by atoms with Gasteiger partial charge in [0.05, 0.1) is 28.4 Å². The summed E-state index contributed by atoms with van der Waals surface area (Å²) in [4.78, 5) is 45.5. The summed E-state index contributed by atoms with van der Waals surface area (Å²) in [6, 6.07) is 4.47. The third kappa shape index (κ3) is 8.48.